The van der Waals surface area contributed by atoms with Crippen LogP contribution in [-0.4, -0.2) is 23.3 Å². The van der Waals surface area contributed by atoms with E-state index in [-0.39, 0.29) is 5.84 Å². The Hall–Kier alpha value is -1.35. The lowest BCUT2D eigenvalue weighted by Gasteiger charge is -2.22. The van der Waals surface area contributed by atoms with Gasteiger partial charge in [-0.25, -0.2) is 0 Å². The zero-order valence-corrected chi connectivity index (χ0v) is 10.4. The average Bonchev–Trinajstić information content (AvgIpc) is 3.13. The van der Waals surface area contributed by atoms with E-state index in [9.17, 15) is 0 Å². The van der Waals surface area contributed by atoms with Crippen LogP contribution >= 0.6 is 0 Å². The summed E-state index contributed by atoms with van der Waals surface area (Å²) in [4.78, 5) is 2.52. The molecule has 0 bridgehead atoms. The van der Waals surface area contributed by atoms with Crippen LogP contribution in [0.15, 0.2) is 24.3 Å². The van der Waals surface area contributed by atoms with Gasteiger partial charge in [-0.1, -0.05) is 31.2 Å². The Morgan fingerprint density at radius 3 is 2.71 bits per heavy atom. The lowest BCUT2D eigenvalue weighted by atomic mass is 10.1. The molecule has 1 aliphatic rings. The molecule has 0 spiro atoms. The Morgan fingerprint density at radius 1 is 1.41 bits per heavy atom. The molecule has 0 atom stereocenters. The smallest absolute Gasteiger partial charge is 0.123 e. The van der Waals surface area contributed by atoms with Crippen molar-refractivity contribution in [2.75, 3.05) is 6.54 Å². The number of amidine groups is 1. The van der Waals surface area contributed by atoms with E-state index in [2.05, 4.69) is 17.9 Å². The molecule has 3 N–H and O–H groups in total. The van der Waals surface area contributed by atoms with Gasteiger partial charge >= 0.3 is 0 Å². The minimum Gasteiger partial charge on any atom is -0.384 e. The average molecular weight is 231 g/mol. The highest BCUT2D eigenvalue weighted by Crippen LogP contribution is 2.28. The largest absolute Gasteiger partial charge is 0.384 e. The third-order valence-electron chi connectivity index (χ3n) is 3.26. The van der Waals surface area contributed by atoms with Gasteiger partial charge in [-0.3, -0.25) is 10.3 Å². The number of nitrogens with zero attached hydrogens (tertiary/aromatic N) is 1. The lowest BCUT2D eigenvalue weighted by molar-refractivity contribution is 0.255. The molecule has 0 saturated heterocycles. The summed E-state index contributed by atoms with van der Waals surface area (Å²) in [6, 6.07) is 8.76. The molecule has 0 heterocycles. The number of benzene rings is 1. The highest BCUT2D eigenvalue weighted by molar-refractivity contribution is 5.96. The zero-order chi connectivity index (χ0) is 12.3. The van der Waals surface area contributed by atoms with Crippen molar-refractivity contribution in [1.29, 1.82) is 5.41 Å². The highest BCUT2D eigenvalue weighted by Gasteiger charge is 2.28. The van der Waals surface area contributed by atoms with Gasteiger partial charge in [-0.15, -0.1) is 0 Å². The SMILES string of the molecule is CCCN(Cc1ccccc1C(=N)N)C1CC1. The van der Waals surface area contributed by atoms with Crippen molar-refractivity contribution >= 4 is 5.84 Å². The van der Waals surface area contributed by atoms with Crippen LogP contribution in [0.4, 0.5) is 0 Å². The number of hydrogen-bond acceptors (Lipinski definition) is 2. The predicted octanol–water partition coefficient (Wildman–Crippen LogP) is 2.35. The molecule has 3 heteroatoms. The highest BCUT2D eigenvalue weighted by atomic mass is 15.2. The topological polar surface area (TPSA) is 53.1 Å². The summed E-state index contributed by atoms with van der Waals surface area (Å²) in [5, 5.41) is 7.60. The fourth-order valence-electron chi connectivity index (χ4n) is 2.26. The summed E-state index contributed by atoms with van der Waals surface area (Å²) < 4.78 is 0. The molecule has 17 heavy (non-hydrogen) atoms. The summed E-state index contributed by atoms with van der Waals surface area (Å²) in [6.45, 7) is 4.28. The molecule has 0 aliphatic heterocycles. The van der Waals surface area contributed by atoms with Gasteiger partial charge in [0.2, 0.25) is 0 Å². The molecular formula is C14H21N3. The summed E-state index contributed by atoms with van der Waals surface area (Å²) >= 11 is 0. The maximum Gasteiger partial charge on any atom is 0.123 e. The second kappa shape index (κ2) is 5.32. The molecule has 1 aliphatic carbocycles. The third kappa shape index (κ3) is 3.07. The molecule has 1 saturated carbocycles. The van der Waals surface area contributed by atoms with E-state index in [0.717, 1.165) is 24.7 Å². The van der Waals surface area contributed by atoms with Crippen molar-refractivity contribution in [3.05, 3.63) is 35.4 Å². The molecule has 1 aromatic rings. The molecule has 0 aromatic heterocycles. The van der Waals surface area contributed by atoms with E-state index in [0.29, 0.717) is 0 Å². The quantitative estimate of drug-likeness (QED) is 0.583. The molecule has 3 nitrogen and oxygen atoms in total. The standard InChI is InChI=1S/C14H21N3/c1-2-9-17(12-7-8-12)10-11-5-3-4-6-13(11)14(15)16/h3-6,12H,2,7-10H2,1H3,(H3,15,16). The van der Waals surface area contributed by atoms with Gasteiger partial charge in [0.25, 0.3) is 0 Å². The maximum atomic E-state index is 7.60. The van der Waals surface area contributed by atoms with Crippen LogP contribution in [0.25, 0.3) is 0 Å². The first-order valence-electron chi connectivity index (χ1n) is 6.38. The Morgan fingerprint density at radius 2 is 2.12 bits per heavy atom. The van der Waals surface area contributed by atoms with E-state index < -0.39 is 0 Å². The molecule has 92 valence electrons. The third-order valence-corrected chi connectivity index (χ3v) is 3.26. The molecule has 2 rings (SSSR count). The first kappa shape index (κ1) is 12.1. The lowest BCUT2D eigenvalue weighted by Crippen LogP contribution is -2.27. The summed E-state index contributed by atoms with van der Waals surface area (Å²) in [5.74, 6) is 0.174. The van der Waals surface area contributed by atoms with Crippen molar-refractivity contribution in [3.8, 4) is 0 Å². The van der Waals surface area contributed by atoms with Gasteiger partial charge in [0, 0.05) is 18.2 Å². The Bertz CT molecular complexity index is 396. The second-order valence-corrected chi connectivity index (χ2v) is 4.77. The van der Waals surface area contributed by atoms with E-state index in [4.69, 9.17) is 11.1 Å². The first-order chi connectivity index (χ1) is 8.22. The Labute approximate surface area is 103 Å². The fourth-order valence-corrected chi connectivity index (χ4v) is 2.26. The fraction of sp³-hybridized carbons (Fsp3) is 0.500. The van der Waals surface area contributed by atoms with Crippen molar-refractivity contribution < 1.29 is 0 Å². The van der Waals surface area contributed by atoms with Gasteiger partial charge in [0.15, 0.2) is 0 Å². The maximum absolute atomic E-state index is 7.60. The van der Waals surface area contributed by atoms with E-state index >= 15 is 0 Å². The van der Waals surface area contributed by atoms with Crippen LogP contribution in [0.1, 0.15) is 37.3 Å². The van der Waals surface area contributed by atoms with E-state index in [1.54, 1.807) is 0 Å². The van der Waals surface area contributed by atoms with Gasteiger partial charge < -0.3 is 5.73 Å². The second-order valence-electron chi connectivity index (χ2n) is 4.77. The van der Waals surface area contributed by atoms with Crippen LogP contribution in [-0.2, 0) is 6.54 Å². The van der Waals surface area contributed by atoms with Gasteiger partial charge in [0.1, 0.15) is 5.84 Å². The molecule has 0 amide bonds. The van der Waals surface area contributed by atoms with E-state index in [1.807, 2.05) is 18.2 Å². The Kier molecular flexibility index (Phi) is 3.79. The first-order valence-corrected chi connectivity index (χ1v) is 6.38. The monoisotopic (exact) mass is 231 g/mol. The number of nitrogens with two attached hydrogens (primary N) is 1. The van der Waals surface area contributed by atoms with Gasteiger partial charge in [-0.2, -0.15) is 0 Å². The molecule has 1 fully saturated rings. The van der Waals surface area contributed by atoms with Crippen molar-refractivity contribution in [1.82, 2.24) is 4.90 Å². The number of rotatable bonds is 6. The van der Waals surface area contributed by atoms with Crippen molar-refractivity contribution in [2.24, 2.45) is 5.73 Å². The number of hydrogen-bond donors (Lipinski definition) is 2. The van der Waals surface area contributed by atoms with E-state index in [1.165, 1.54) is 24.8 Å². The van der Waals surface area contributed by atoms with Crippen LogP contribution in [0.2, 0.25) is 0 Å². The summed E-state index contributed by atoms with van der Waals surface area (Å²) in [6.07, 6.45) is 3.82. The van der Waals surface area contributed by atoms with Crippen LogP contribution in [0, 0.1) is 5.41 Å². The number of nitrogens with one attached hydrogen (secondary N) is 1. The minimum absolute atomic E-state index is 0.174. The summed E-state index contributed by atoms with van der Waals surface area (Å²) in [5.41, 5.74) is 7.69. The van der Waals surface area contributed by atoms with Crippen LogP contribution in [0.3, 0.4) is 0 Å². The van der Waals surface area contributed by atoms with Crippen molar-refractivity contribution in [3.63, 3.8) is 0 Å². The molecule has 0 unspecified atom stereocenters. The Balaban J connectivity index is 2.13. The molecule has 0 radical (unpaired) electrons. The number of nitrogen functional groups attached to an aromatic ring is 1. The minimum atomic E-state index is 0.174. The van der Waals surface area contributed by atoms with Crippen LogP contribution < -0.4 is 5.73 Å². The molecular weight excluding hydrogens is 210 g/mol. The van der Waals surface area contributed by atoms with Gasteiger partial charge in [0.05, 0.1) is 0 Å². The predicted molar refractivity (Wildman–Crippen MR) is 71.2 cm³/mol. The van der Waals surface area contributed by atoms with Crippen LogP contribution in [0.5, 0.6) is 0 Å². The van der Waals surface area contributed by atoms with Crippen molar-refractivity contribution in [2.45, 2.75) is 38.8 Å². The summed E-state index contributed by atoms with van der Waals surface area (Å²) in [7, 11) is 0. The van der Waals surface area contributed by atoms with Gasteiger partial charge in [-0.05, 0) is 31.4 Å². The normalized spacial score (nSPS) is 15.2. The molecule has 1 aromatic carbocycles. The zero-order valence-electron chi connectivity index (χ0n) is 10.4.